The Balaban J connectivity index is 3.98. The van der Waals surface area contributed by atoms with Crippen molar-refractivity contribution in [3.63, 3.8) is 0 Å². The maximum atomic E-state index is 12.7. The summed E-state index contributed by atoms with van der Waals surface area (Å²) in [5, 5.41) is 7.16. The molecular formula is C7H12F2O5S. The summed E-state index contributed by atoms with van der Waals surface area (Å²) in [6.45, 7) is 3.45. The monoisotopic (exact) mass is 246 g/mol. The van der Waals surface area contributed by atoms with Gasteiger partial charge in [-0.1, -0.05) is 5.04 Å². The lowest BCUT2D eigenvalue weighted by Crippen LogP contribution is -2.29. The minimum absolute atomic E-state index is 0.451. The van der Waals surface area contributed by atoms with Gasteiger partial charge in [-0.25, -0.2) is 5.26 Å². The number of carbonyl (C=O) groups is 1. The third kappa shape index (κ3) is 6.61. The van der Waals surface area contributed by atoms with E-state index in [1.165, 1.54) is 20.8 Å². The van der Waals surface area contributed by atoms with E-state index in [0.717, 1.165) is 0 Å². The van der Waals surface area contributed by atoms with Gasteiger partial charge in [0.25, 0.3) is 0 Å². The van der Waals surface area contributed by atoms with Crippen LogP contribution in [0.15, 0.2) is 0 Å². The SMILES string of the molecule is CC(C)(C)C(=O)OCC(F)(F)SOOO. The van der Waals surface area contributed by atoms with E-state index in [1.54, 1.807) is 0 Å². The number of carbonyl (C=O) groups excluding carboxylic acids is 1. The number of ether oxygens (including phenoxy) is 1. The lowest BCUT2D eigenvalue weighted by Gasteiger charge is -2.19. The summed E-state index contributed by atoms with van der Waals surface area (Å²) in [6.07, 6.45) is 0. The van der Waals surface area contributed by atoms with Gasteiger partial charge >= 0.3 is 11.2 Å². The van der Waals surface area contributed by atoms with Crippen LogP contribution in [0.3, 0.4) is 0 Å². The second-order valence-electron chi connectivity index (χ2n) is 3.69. The largest absolute Gasteiger partial charge is 0.458 e. The molecule has 0 aromatic rings. The highest BCUT2D eigenvalue weighted by atomic mass is 32.2. The quantitative estimate of drug-likeness (QED) is 0.347. The number of rotatable bonds is 5. The molecule has 0 fully saturated rings. The van der Waals surface area contributed by atoms with Crippen LogP contribution in [0, 0.1) is 5.41 Å². The predicted molar refractivity (Wildman–Crippen MR) is 47.8 cm³/mol. The van der Waals surface area contributed by atoms with Crippen molar-refractivity contribution < 1.29 is 32.9 Å². The van der Waals surface area contributed by atoms with Crippen LogP contribution in [0.25, 0.3) is 0 Å². The van der Waals surface area contributed by atoms with Crippen molar-refractivity contribution in [1.82, 2.24) is 0 Å². The maximum absolute atomic E-state index is 12.7. The van der Waals surface area contributed by atoms with E-state index in [4.69, 9.17) is 5.26 Å². The van der Waals surface area contributed by atoms with Crippen LogP contribution in [-0.4, -0.2) is 23.1 Å². The molecule has 0 atom stereocenters. The first-order chi connectivity index (χ1) is 6.69. The molecule has 8 heteroatoms. The van der Waals surface area contributed by atoms with Gasteiger partial charge in [0.15, 0.2) is 6.61 Å². The molecule has 0 aliphatic carbocycles. The molecule has 0 saturated carbocycles. The van der Waals surface area contributed by atoms with Gasteiger partial charge in [0, 0.05) is 0 Å². The van der Waals surface area contributed by atoms with Crippen LogP contribution >= 0.6 is 12.0 Å². The molecule has 0 spiro atoms. The summed E-state index contributed by atoms with van der Waals surface area (Å²) in [5.74, 6) is -0.757. The highest BCUT2D eigenvalue weighted by Crippen LogP contribution is 2.30. The summed E-state index contributed by atoms with van der Waals surface area (Å²) in [5.41, 5.74) is -0.852. The number of hydrogen-bond donors (Lipinski definition) is 1. The summed E-state index contributed by atoms with van der Waals surface area (Å²) in [7, 11) is 0. The van der Waals surface area contributed by atoms with Crippen molar-refractivity contribution in [3.8, 4) is 0 Å². The van der Waals surface area contributed by atoms with E-state index in [1.807, 2.05) is 0 Å². The Labute approximate surface area is 89.7 Å². The summed E-state index contributed by atoms with van der Waals surface area (Å²) < 4.78 is 33.3. The smallest absolute Gasteiger partial charge is 0.354 e. The second kappa shape index (κ2) is 5.59. The maximum Gasteiger partial charge on any atom is 0.354 e. The van der Waals surface area contributed by atoms with Gasteiger partial charge in [0.2, 0.25) is 0 Å². The van der Waals surface area contributed by atoms with Crippen molar-refractivity contribution in [1.29, 1.82) is 0 Å². The van der Waals surface area contributed by atoms with E-state index in [9.17, 15) is 13.6 Å². The van der Waals surface area contributed by atoms with Crippen molar-refractivity contribution in [2.75, 3.05) is 6.61 Å². The first kappa shape index (κ1) is 14.6. The van der Waals surface area contributed by atoms with Gasteiger partial charge in [-0.2, -0.15) is 8.78 Å². The topological polar surface area (TPSA) is 65.0 Å². The van der Waals surface area contributed by atoms with Gasteiger partial charge in [0.1, 0.15) is 12.0 Å². The molecule has 0 radical (unpaired) electrons. The standard InChI is InChI=1S/C7H12F2O5S/c1-6(2,3)5(10)12-4-7(8,9)15-14-13-11/h11H,4H2,1-3H3. The zero-order valence-corrected chi connectivity index (χ0v) is 9.27. The lowest BCUT2D eigenvalue weighted by atomic mass is 9.97. The van der Waals surface area contributed by atoms with Crippen molar-refractivity contribution >= 4 is 18.0 Å². The van der Waals surface area contributed by atoms with Gasteiger partial charge in [0.05, 0.1) is 5.41 Å². The molecule has 0 saturated heterocycles. The van der Waals surface area contributed by atoms with Crippen LogP contribution in [0.2, 0.25) is 0 Å². The van der Waals surface area contributed by atoms with E-state index in [2.05, 4.69) is 14.1 Å². The molecule has 0 unspecified atom stereocenters. The van der Waals surface area contributed by atoms with Crippen LogP contribution in [0.4, 0.5) is 8.78 Å². The van der Waals surface area contributed by atoms with Crippen molar-refractivity contribution in [3.05, 3.63) is 0 Å². The molecule has 0 aromatic carbocycles. The molecule has 15 heavy (non-hydrogen) atoms. The molecule has 0 heterocycles. The molecule has 0 rings (SSSR count). The number of hydrogen-bond acceptors (Lipinski definition) is 6. The fourth-order valence-electron chi connectivity index (χ4n) is 0.455. The van der Waals surface area contributed by atoms with Crippen LogP contribution in [0.5, 0.6) is 0 Å². The Bertz CT molecular complexity index is 216. The zero-order valence-electron chi connectivity index (χ0n) is 8.45. The molecule has 0 bridgehead atoms. The average molecular weight is 246 g/mol. The minimum Gasteiger partial charge on any atom is -0.458 e. The lowest BCUT2D eigenvalue weighted by molar-refractivity contribution is -0.433. The third-order valence-electron chi connectivity index (χ3n) is 1.17. The number of esters is 1. The molecule has 5 nitrogen and oxygen atoms in total. The van der Waals surface area contributed by atoms with E-state index >= 15 is 0 Å². The number of halogens is 2. The second-order valence-corrected chi connectivity index (χ2v) is 4.59. The highest BCUT2D eigenvalue weighted by molar-refractivity contribution is 7.95. The fraction of sp³-hybridized carbons (Fsp3) is 0.857. The normalized spacial score (nSPS) is 12.7. The van der Waals surface area contributed by atoms with E-state index in [-0.39, 0.29) is 0 Å². The van der Waals surface area contributed by atoms with E-state index in [0.29, 0.717) is 0 Å². The average Bonchev–Trinajstić information content (AvgIpc) is 2.09. The zero-order chi connectivity index (χ0) is 12.1. The Morgan fingerprint density at radius 3 is 2.33 bits per heavy atom. The molecular weight excluding hydrogens is 234 g/mol. The van der Waals surface area contributed by atoms with Gasteiger partial charge in [-0.15, -0.1) is 4.33 Å². The summed E-state index contributed by atoms with van der Waals surface area (Å²) in [4.78, 5) is 11.1. The van der Waals surface area contributed by atoms with Gasteiger partial charge in [-0.05, 0) is 20.8 Å². The third-order valence-corrected chi connectivity index (χ3v) is 1.66. The number of alkyl halides is 2. The Kier molecular flexibility index (Phi) is 5.43. The molecule has 0 aromatic heterocycles. The molecule has 0 aliphatic rings. The minimum atomic E-state index is -3.48. The van der Waals surface area contributed by atoms with Crippen LogP contribution in [-0.2, 0) is 18.9 Å². The summed E-state index contributed by atoms with van der Waals surface area (Å²) in [6, 6.07) is 0. The van der Waals surface area contributed by atoms with Crippen LogP contribution in [0.1, 0.15) is 20.8 Å². The van der Waals surface area contributed by atoms with Gasteiger partial charge in [-0.3, -0.25) is 4.79 Å². The predicted octanol–water partition coefficient (Wildman–Crippen LogP) is 2.24. The first-order valence-corrected chi connectivity index (χ1v) is 4.64. The molecule has 1 N–H and O–H groups in total. The molecule has 0 amide bonds. The highest BCUT2D eigenvalue weighted by Gasteiger charge is 2.36. The van der Waals surface area contributed by atoms with Gasteiger partial charge < -0.3 is 4.74 Å². The summed E-state index contributed by atoms with van der Waals surface area (Å²) >= 11 is -0.451. The van der Waals surface area contributed by atoms with Crippen molar-refractivity contribution in [2.24, 2.45) is 5.41 Å². The Hall–Kier alpha value is -0.440. The van der Waals surface area contributed by atoms with Crippen molar-refractivity contribution in [2.45, 2.75) is 26.0 Å². The first-order valence-electron chi connectivity index (χ1n) is 3.90. The van der Waals surface area contributed by atoms with Crippen LogP contribution < -0.4 is 0 Å². The van der Waals surface area contributed by atoms with E-state index < -0.39 is 35.3 Å². The molecule has 0 aliphatic heterocycles. The Morgan fingerprint density at radius 1 is 1.40 bits per heavy atom. The molecule has 90 valence electrons. The fourth-order valence-corrected chi connectivity index (χ4v) is 0.692. The Morgan fingerprint density at radius 2 is 1.93 bits per heavy atom.